The number of ether oxygens (including phenoxy) is 3. The first-order valence-electron chi connectivity index (χ1n) is 10.8. The summed E-state index contributed by atoms with van der Waals surface area (Å²) in [6.07, 6.45) is -2.62. The van der Waals surface area contributed by atoms with Crippen molar-refractivity contribution in [2.24, 2.45) is 0 Å². The smallest absolute Gasteiger partial charge is 0.494 e. The Bertz CT molecular complexity index is 1390. The number of nitrogens with zero attached hydrogens (tertiary/aromatic N) is 1. The molecule has 37 heavy (non-hydrogen) atoms. The number of hydrogen-bond donors (Lipinski definition) is 2. The zero-order chi connectivity index (χ0) is 26.4. The molecule has 1 atom stereocenters. The van der Waals surface area contributed by atoms with E-state index in [2.05, 4.69) is 14.7 Å². The van der Waals surface area contributed by atoms with Crippen molar-refractivity contribution < 1.29 is 37.3 Å². The summed E-state index contributed by atoms with van der Waals surface area (Å²) in [6.45, 7) is -0.134. The third kappa shape index (κ3) is 7.34. The number of hydrogen-bond acceptors (Lipinski definition) is 8. The van der Waals surface area contributed by atoms with Crippen LogP contribution in [0, 0.1) is 0 Å². The highest BCUT2D eigenvalue weighted by molar-refractivity contribution is 7.09. The lowest BCUT2D eigenvalue weighted by molar-refractivity contribution is -0.274. The highest BCUT2D eigenvalue weighted by Crippen LogP contribution is 2.27. The number of esters is 1. The quantitative estimate of drug-likeness (QED) is 0.292. The number of aromatic hydroxyl groups is 1. The second kappa shape index (κ2) is 11.2. The monoisotopic (exact) mass is 532 g/mol. The van der Waals surface area contributed by atoms with Crippen molar-refractivity contribution >= 4 is 17.3 Å². The summed E-state index contributed by atoms with van der Waals surface area (Å²) in [5, 5.41) is 9.75. The molecule has 8 nitrogen and oxygen atoms in total. The van der Waals surface area contributed by atoms with Crippen LogP contribution < -0.4 is 14.3 Å². The Morgan fingerprint density at radius 3 is 2.35 bits per heavy atom. The van der Waals surface area contributed by atoms with Crippen molar-refractivity contribution in [3.63, 3.8) is 0 Å². The summed E-state index contributed by atoms with van der Waals surface area (Å²) < 4.78 is 52.8. The van der Waals surface area contributed by atoms with Crippen molar-refractivity contribution in [3.05, 3.63) is 104 Å². The number of thiazole rings is 1. The molecule has 0 amide bonds. The molecule has 0 saturated carbocycles. The average molecular weight is 532 g/mol. The molecule has 0 aliphatic carbocycles. The number of carbonyl (C=O) groups excluding carboxylic acids is 1. The summed E-state index contributed by atoms with van der Waals surface area (Å²) in [5.74, 6) is -0.823. The van der Waals surface area contributed by atoms with Gasteiger partial charge in [0.05, 0.1) is 10.4 Å². The van der Waals surface area contributed by atoms with E-state index in [4.69, 9.17) is 9.47 Å². The summed E-state index contributed by atoms with van der Waals surface area (Å²) >= 11 is 0.916. The van der Waals surface area contributed by atoms with E-state index >= 15 is 0 Å². The van der Waals surface area contributed by atoms with E-state index in [0.29, 0.717) is 22.6 Å². The van der Waals surface area contributed by atoms with Gasteiger partial charge in [0.2, 0.25) is 5.88 Å². The number of H-pyrrole nitrogens is 1. The Hall–Kier alpha value is -4.32. The number of aromatic amines is 1. The van der Waals surface area contributed by atoms with Gasteiger partial charge in [0.25, 0.3) is 0 Å². The lowest BCUT2D eigenvalue weighted by Gasteiger charge is -2.20. The van der Waals surface area contributed by atoms with E-state index < -0.39 is 24.2 Å². The van der Waals surface area contributed by atoms with Crippen LogP contribution in [-0.4, -0.2) is 34.0 Å². The van der Waals surface area contributed by atoms with Gasteiger partial charge in [0.1, 0.15) is 18.1 Å². The Morgan fingerprint density at radius 2 is 1.76 bits per heavy atom. The molecule has 0 radical (unpaired) electrons. The van der Waals surface area contributed by atoms with Gasteiger partial charge in [-0.2, -0.15) is 0 Å². The number of halogens is 3. The number of nitrogens with one attached hydrogen (secondary N) is 1. The first kappa shape index (κ1) is 25.8. The highest BCUT2D eigenvalue weighted by Gasteiger charge is 2.31. The van der Waals surface area contributed by atoms with Crippen LogP contribution in [0.4, 0.5) is 13.2 Å². The number of carbonyl (C=O) groups is 1. The second-order valence-electron chi connectivity index (χ2n) is 7.67. The molecule has 192 valence electrons. The van der Waals surface area contributed by atoms with Crippen LogP contribution in [0.15, 0.2) is 77.9 Å². The van der Waals surface area contributed by atoms with E-state index in [1.54, 1.807) is 30.3 Å². The van der Waals surface area contributed by atoms with Gasteiger partial charge in [-0.05, 0) is 47.5 Å². The first-order chi connectivity index (χ1) is 17.7. The predicted octanol–water partition coefficient (Wildman–Crippen LogP) is 5.00. The molecule has 4 aromatic rings. The van der Waals surface area contributed by atoms with E-state index in [9.17, 15) is 27.9 Å². The van der Waals surface area contributed by atoms with Crippen molar-refractivity contribution in [1.82, 2.24) is 9.97 Å². The van der Waals surface area contributed by atoms with Gasteiger partial charge in [-0.3, -0.25) is 14.8 Å². The fourth-order valence-electron chi connectivity index (χ4n) is 3.30. The van der Waals surface area contributed by atoms with Gasteiger partial charge in [-0.15, -0.1) is 13.2 Å². The van der Waals surface area contributed by atoms with Crippen LogP contribution in [0.1, 0.15) is 32.5 Å². The Balaban J connectivity index is 1.46. The molecular formula is C25H19F3N2O6S. The SMILES string of the molecule is O=C(OC(COc1ccc(Cc2sc(=O)[nH]c2O)cc1)c1ccc(OC(F)(F)F)cc1)c1cccnc1. The third-order valence-corrected chi connectivity index (χ3v) is 5.89. The molecule has 2 aromatic heterocycles. The van der Waals surface area contributed by atoms with E-state index in [1.165, 1.54) is 30.6 Å². The van der Waals surface area contributed by atoms with Crippen molar-refractivity contribution in [3.8, 4) is 17.4 Å². The topological polar surface area (TPSA) is 111 Å². The molecule has 0 saturated heterocycles. The molecule has 0 aliphatic heterocycles. The van der Waals surface area contributed by atoms with Gasteiger partial charge in [-0.1, -0.05) is 35.6 Å². The minimum atomic E-state index is -4.83. The van der Waals surface area contributed by atoms with Crippen molar-refractivity contribution in [2.45, 2.75) is 18.9 Å². The Morgan fingerprint density at radius 1 is 1.05 bits per heavy atom. The third-order valence-electron chi connectivity index (χ3n) is 5.02. The summed E-state index contributed by atoms with van der Waals surface area (Å²) in [4.78, 5) is 30.3. The normalized spacial score (nSPS) is 12.1. The first-order valence-corrected chi connectivity index (χ1v) is 11.6. The predicted molar refractivity (Wildman–Crippen MR) is 127 cm³/mol. The maximum atomic E-state index is 12.6. The van der Waals surface area contributed by atoms with Gasteiger partial charge in [0, 0.05) is 18.8 Å². The molecule has 1 unspecified atom stereocenters. The standard InChI is InChI=1S/C25H19F3N2O6S/c26-25(27,28)36-19-9-5-16(6-10-19)20(35-23(32)17-2-1-11-29-13-17)14-34-18-7-3-15(4-8-18)12-21-22(31)30-24(33)37-21/h1-11,13,20,31H,12,14H2,(H,30,33). The van der Waals surface area contributed by atoms with Crippen molar-refractivity contribution in [2.75, 3.05) is 6.61 Å². The molecule has 0 aliphatic rings. The lowest BCUT2D eigenvalue weighted by atomic mass is 10.1. The van der Waals surface area contributed by atoms with Crippen LogP contribution in [-0.2, 0) is 11.2 Å². The molecule has 0 fully saturated rings. The maximum Gasteiger partial charge on any atom is 0.573 e. The van der Waals surface area contributed by atoms with Gasteiger partial charge in [-0.25, -0.2) is 4.79 Å². The van der Waals surface area contributed by atoms with Crippen LogP contribution in [0.3, 0.4) is 0 Å². The summed E-state index contributed by atoms with van der Waals surface area (Å²) in [5.41, 5.74) is 1.41. The zero-order valence-corrected chi connectivity index (χ0v) is 19.7. The molecule has 2 N–H and O–H groups in total. The fraction of sp³-hybridized carbons (Fsp3) is 0.160. The lowest BCUT2D eigenvalue weighted by Crippen LogP contribution is -2.19. The van der Waals surface area contributed by atoms with Crippen LogP contribution in [0.5, 0.6) is 17.4 Å². The molecule has 4 rings (SSSR count). The molecule has 2 aromatic carbocycles. The Kier molecular flexibility index (Phi) is 7.77. The van der Waals surface area contributed by atoms with Gasteiger partial charge in [0.15, 0.2) is 6.10 Å². The number of rotatable bonds is 9. The average Bonchev–Trinajstić information content (AvgIpc) is 3.18. The van der Waals surface area contributed by atoms with E-state index in [-0.39, 0.29) is 22.9 Å². The maximum absolute atomic E-state index is 12.6. The highest BCUT2D eigenvalue weighted by atomic mass is 32.1. The molecule has 2 heterocycles. The number of pyridine rings is 1. The number of alkyl halides is 3. The minimum absolute atomic E-state index is 0.134. The molecule has 0 spiro atoms. The van der Waals surface area contributed by atoms with E-state index in [1.807, 2.05) is 0 Å². The van der Waals surface area contributed by atoms with Gasteiger partial charge >= 0.3 is 17.2 Å². The largest absolute Gasteiger partial charge is 0.573 e. The summed E-state index contributed by atoms with van der Waals surface area (Å²) in [6, 6.07) is 14.9. The van der Waals surface area contributed by atoms with E-state index in [0.717, 1.165) is 29.0 Å². The summed E-state index contributed by atoms with van der Waals surface area (Å²) in [7, 11) is 0. The van der Waals surface area contributed by atoms with Gasteiger partial charge < -0.3 is 19.3 Å². The Labute approximate surface area is 211 Å². The van der Waals surface area contributed by atoms with Crippen molar-refractivity contribution in [1.29, 1.82) is 0 Å². The minimum Gasteiger partial charge on any atom is -0.494 e. The van der Waals surface area contributed by atoms with Crippen LogP contribution in [0.25, 0.3) is 0 Å². The second-order valence-corrected chi connectivity index (χ2v) is 8.74. The molecule has 12 heteroatoms. The molecular weight excluding hydrogens is 513 g/mol. The number of benzene rings is 2. The van der Waals surface area contributed by atoms with Crippen LogP contribution >= 0.6 is 11.3 Å². The molecule has 0 bridgehead atoms. The van der Waals surface area contributed by atoms with Crippen LogP contribution in [0.2, 0.25) is 0 Å². The fourth-order valence-corrected chi connectivity index (χ4v) is 4.05. The zero-order valence-electron chi connectivity index (χ0n) is 18.9. The number of aromatic nitrogens is 2.